The van der Waals surface area contributed by atoms with Crippen molar-refractivity contribution < 1.29 is 9.59 Å². The Hall–Kier alpha value is -2.37. The standard InChI is InChI=1S/C21H29N3O3/c1-5-23-15(4)6-9-18(21(23)27)20(26)22-12-16-7-8-17(13-22)24(19(16)25)11-10-14(2)3/h6,9-10,16-17H,5,7-8,11-13H2,1-4H3/t16-,17+/m0/s1. The Morgan fingerprint density at radius 1 is 1.19 bits per heavy atom. The molecule has 0 aromatic carbocycles. The number of hydrogen-bond acceptors (Lipinski definition) is 3. The van der Waals surface area contributed by atoms with E-state index in [4.69, 9.17) is 0 Å². The zero-order valence-corrected chi connectivity index (χ0v) is 16.7. The molecule has 2 atom stereocenters. The van der Waals surface area contributed by atoms with Gasteiger partial charge >= 0.3 is 0 Å². The fraction of sp³-hybridized carbons (Fsp3) is 0.571. The number of aryl methyl sites for hydroxylation is 1. The smallest absolute Gasteiger partial charge is 0.263 e. The number of pyridine rings is 1. The third kappa shape index (κ3) is 3.70. The second-order valence-corrected chi connectivity index (χ2v) is 7.85. The fourth-order valence-electron chi connectivity index (χ4n) is 4.12. The van der Waals surface area contributed by atoms with Crippen LogP contribution in [0.2, 0.25) is 0 Å². The molecule has 3 saturated heterocycles. The van der Waals surface area contributed by atoms with E-state index in [9.17, 15) is 14.4 Å². The molecule has 2 bridgehead atoms. The summed E-state index contributed by atoms with van der Waals surface area (Å²) in [6, 6.07) is 3.47. The van der Waals surface area contributed by atoms with Crippen LogP contribution in [0.1, 0.15) is 49.7 Å². The molecule has 0 unspecified atom stereocenters. The molecule has 1 aromatic heterocycles. The quantitative estimate of drug-likeness (QED) is 0.763. The predicted octanol–water partition coefficient (Wildman–Crippen LogP) is 2.21. The number of allylic oxidation sites excluding steroid dienone is 1. The normalized spacial score (nSPS) is 22.0. The molecule has 4 heterocycles. The first-order valence-corrected chi connectivity index (χ1v) is 9.77. The van der Waals surface area contributed by atoms with Gasteiger partial charge in [0.25, 0.3) is 11.5 Å². The van der Waals surface area contributed by atoms with Gasteiger partial charge in [-0.05, 0) is 52.7 Å². The minimum absolute atomic E-state index is 0.0228. The van der Waals surface area contributed by atoms with Gasteiger partial charge in [-0.25, -0.2) is 0 Å². The first-order chi connectivity index (χ1) is 12.8. The molecule has 0 N–H and O–H groups in total. The van der Waals surface area contributed by atoms with Crippen molar-refractivity contribution in [1.82, 2.24) is 14.4 Å². The number of hydrogen-bond donors (Lipinski definition) is 0. The van der Waals surface area contributed by atoms with E-state index in [1.807, 2.05) is 38.7 Å². The zero-order chi connectivity index (χ0) is 19.7. The summed E-state index contributed by atoms with van der Waals surface area (Å²) in [6.07, 6.45) is 3.78. The van der Waals surface area contributed by atoms with Gasteiger partial charge in [0.1, 0.15) is 5.56 Å². The van der Waals surface area contributed by atoms with E-state index in [0.717, 1.165) is 18.5 Å². The molecular weight excluding hydrogens is 342 g/mol. The van der Waals surface area contributed by atoms with Crippen LogP contribution in [0.3, 0.4) is 0 Å². The topological polar surface area (TPSA) is 62.6 Å². The number of fused-ring (bicyclic) bond motifs is 4. The van der Waals surface area contributed by atoms with E-state index in [1.165, 1.54) is 5.57 Å². The minimum Gasteiger partial charge on any atom is -0.336 e. The molecule has 1 aromatic rings. The largest absolute Gasteiger partial charge is 0.336 e. The molecule has 4 rings (SSSR count). The maximum atomic E-state index is 13.1. The lowest BCUT2D eigenvalue weighted by atomic mass is 9.94. The summed E-state index contributed by atoms with van der Waals surface area (Å²) in [5.74, 6) is -0.290. The van der Waals surface area contributed by atoms with Crippen LogP contribution >= 0.6 is 0 Å². The maximum absolute atomic E-state index is 13.1. The number of aromatic nitrogens is 1. The average molecular weight is 371 g/mol. The van der Waals surface area contributed by atoms with E-state index in [-0.39, 0.29) is 34.9 Å². The second-order valence-electron chi connectivity index (χ2n) is 7.85. The van der Waals surface area contributed by atoms with Crippen LogP contribution in [0.25, 0.3) is 0 Å². The van der Waals surface area contributed by atoms with E-state index >= 15 is 0 Å². The van der Waals surface area contributed by atoms with E-state index in [1.54, 1.807) is 15.5 Å². The summed E-state index contributed by atoms with van der Waals surface area (Å²) in [5.41, 5.74) is 1.98. The summed E-state index contributed by atoms with van der Waals surface area (Å²) >= 11 is 0. The molecular formula is C21H29N3O3. The molecule has 0 spiro atoms. The summed E-state index contributed by atoms with van der Waals surface area (Å²) in [4.78, 5) is 42.3. The van der Waals surface area contributed by atoms with Crippen molar-refractivity contribution in [3.05, 3.63) is 45.4 Å². The molecule has 6 nitrogen and oxygen atoms in total. The van der Waals surface area contributed by atoms with Gasteiger partial charge in [0.05, 0.1) is 5.92 Å². The molecule has 146 valence electrons. The van der Waals surface area contributed by atoms with Crippen molar-refractivity contribution in [2.45, 2.75) is 53.1 Å². The van der Waals surface area contributed by atoms with Gasteiger partial charge in [-0.3, -0.25) is 14.4 Å². The highest BCUT2D eigenvalue weighted by Gasteiger charge is 2.41. The van der Waals surface area contributed by atoms with Gasteiger partial charge < -0.3 is 14.4 Å². The van der Waals surface area contributed by atoms with Gasteiger partial charge in [-0.1, -0.05) is 11.6 Å². The van der Waals surface area contributed by atoms with Gasteiger partial charge in [0.2, 0.25) is 5.91 Å². The molecule has 3 aliphatic rings. The molecule has 3 aliphatic heterocycles. The zero-order valence-electron chi connectivity index (χ0n) is 16.7. The number of piperidine rings is 1. The minimum atomic E-state index is -0.254. The number of amides is 2. The Kier molecular flexibility index (Phi) is 5.53. The highest BCUT2D eigenvalue weighted by molar-refractivity contribution is 5.94. The monoisotopic (exact) mass is 371 g/mol. The number of carbonyl (C=O) groups is 2. The van der Waals surface area contributed by atoms with Crippen molar-refractivity contribution >= 4 is 11.8 Å². The van der Waals surface area contributed by atoms with E-state index < -0.39 is 0 Å². The summed E-state index contributed by atoms with van der Waals surface area (Å²) in [5, 5.41) is 0. The Bertz CT molecular complexity index is 836. The first kappa shape index (κ1) is 19.4. The lowest BCUT2D eigenvalue weighted by Gasteiger charge is -2.35. The van der Waals surface area contributed by atoms with Crippen molar-refractivity contribution in [2.24, 2.45) is 5.92 Å². The van der Waals surface area contributed by atoms with Crippen LogP contribution in [-0.2, 0) is 11.3 Å². The lowest BCUT2D eigenvalue weighted by Crippen LogP contribution is -2.48. The number of nitrogens with zero attached hydrogens (tertiary/aromatic N) is 3. The third-order valence-electron chi connectivity index (χ3n) is 5.72. The van der Waals surface area contributed by atoms with E-state index in [2.05, 4.69) is 6.08 Å². The van der Waals surface area contributed by atoms with Crippen LogP contribution in [0, 0.1) is 12.8 Å². The number of carbonyl (C=O) groups excluding carboxylic acids is 2. The summed E-state index contributed by atoms with van der Waals surface area (Å²) < 4.78 is 1.62. The lowest BCUT2D eigenvalue weighted by molar-refractivity contribution is -0.139. The van der Waals surface area contributed by atoms with Crippen molar-refractivity contribution in [3.63, 3.8) is 0 Å². The van der Waals surface area contributed by atoms with Crippen LogP contribution in [0.5, 0.6) is 0 Å². The van der Waals surface area contributed by atoms with Crippen LogP contribution in [0.4, 0.5) is 0 Å². The van der Waals surface area contributed by atoms with Crippen LogP contribution in [-0.4, -0.2) is 51.9 Å². The molecule has 6 heteroatoms. The molecule has 27 heavy (non-hydrogen) atoms. The van der Waals surface area contributed by atoms with Gasteiger partial charge in [-0.2, -0.15) is 0 Å². The predicted molar refractivity (Wildman–Crippen MR) is 105 cm³/mol. The van der Waals surface area contributed by atoms with Crippen molar-refractivity contribution in [3.8, 4) is 0 Å². The second kappa shape index (κ2) is 7.71. The first-order valence-electron chi connectivity index (χ1n) is 9.77. The van der Waals surface area contributed by atoms with Crippen LogP contribution < -0.4 is 5.56 Å². The Labute approximate surface area is 160 Å². The fourth-order valence-corrected chi connectivity index (χ4v) is 4.12. The highest BCUT2D eigenvalue weighted by atomic mass is 16.2. The summed E-state index contributed by atoms with van der Waals surface area (Å²) in [7, 11) is 0. The molecule has 0 saturated carbocycles. The Balaban J connectivity index is 1.87. The van der Waals surface area contributed by atoms with Gasteiger partial charge in [-0.15, -0.1) is 0 Å². The Morgan fingerprint density at radius 2 is 1.93 bits per heavy atom. The molecule has 0 radical (unpaired) electrons. The average Bonchev–Trinajstić information content (AvgIpc) is 2.91. The van der Waals surface area contributed by atoms with E-state index in [0.29, 0.717) is 26.2 Å². The molecule has 2 amide bonds. The van der Waals surface area contributed by atoms with Crippen LogP contribution in [0.15, 0.2) is 28.6 Å². The Morgan fingerprint density at radius 3 is 2.59 bits per heavy atom. The van der Waals surface area contributed by atoms with Gasteiger partial charge in [0.15, 0.2) is 0 Å². The highest BCUT2D eigenvalue weighted by Crippen LogP contribution is 2.29. The third-order valence-corrected chi connectivity index (χ3v) is 5.72. The van der Waals surface area contributed by atoms with Crippen molar-refractivity contribution in [2.75, 3.05) is 19.6 Å². The SMILES string of the molecule is CCn1c(C)ccc(C(=O)N2C[C@@H]3CC[C@H](C2)N(CC=C(C)C)C3=O)c1=O. The number of rotatable bonds is 4. The van der Waals surface area contributed by atoms with Gasteiger partial charge in [0, 0.05) is 37.9 Å². The molecule has 0 aliphatic carbocycles. The maximum Gasteiger partial charge on any atom is 0.263 e. The molecule has 3 fully saturated rings. The van der Waals surface area contributed by atoms with Crippen molar-refractivity contribution in [1.29, 1.82) is 0 Å². The summed E-state index contributed by atoms with van der Waals surface area (Å²) in [6.45, 7) is 9.83.